The van der Waals surface area contributed by atoms with Crippen molar-refractivity contribution in [1.82, 2.24) is 0 Å². The number of methoxy groups -OCH3 is 1. The minimum atomic E-state index is -1.79. The van der Waals surface area contributed by atoms with Gasteiger partial charge in [-0.05, 0) is 27.7 Å². The lowest BCUT2D eigenvalue weighted by molar-refractivity contribution is -0.276. The molecule has 0 spiro atoms. The SMILES string of the molecule is COC(C)(C)[C@]1(COC(C)(C)[C@]2(CO)OC(CO)C(O)C2O)OC(CO)C(O)C1O. The summed E-state index contributed by atoms with van der Waals surface area (Å²) in [6.45, 7) is 4.01. The van der Waals surface area contributed by atoms with Crippen molar-refractivity contribution < 1.29 is 54.7 Å². The fraction of sp³-hybridized carbons (Fsp3) is 1.00. The molecule has 2 fully saturated rings. The zero-order valence-electron chi connectivity index (χ0n) is 18.1. The summed E-state index contributed by atoms with van der Waals surface area (Å²) in [6.07, 6.45) is -8.14. The maximum atomic E-state index is 10.8. The maximum Gasteiger partial charge on any atom is 0.149 e. The minimum Gasteiger partial charge on any atom is -0.394 e. The summed E-state index contributed by atoms with van der Waals surface area (Å²) in [7, 11) is 1.39. The molecule has 0 saturated carbocycles. The van der Waals surface area contributed by atoms with E-state index < -0.39 is 78.8 Å². The highest BCUT2D eigenvalue weighted by Crippen LogP contribution is 2.45. The van der Waals surface area contributed by atoms with Crippen molar-refractivity contribution in [1.29, 1.82) is 0 Å². The molecular weight excluding hydrogens is 404 g/mol. The highest BCUT2D eigenvalue weighted by molar-refractivity contribution is 5.14. The molecular formula is C19H36O11. The summed E-state index contributed by atoms with van der Waals surface area (Å²) >= 11 is 0. The van der Waals surface area contributed by atoms with E-state index in [1.807, 2.05) is 0 Å². The molecule has 11 nitrogen and oxygen atoms in total. The summed E-state index contributed by atoms with van der Waals surface area (Å²) in [4.78, 5) is 0. The van der Waals surface area contributed by atoms with Gasteiger partial charge >= 0.3 is 0 Å². The van der Waals surface area contributed by atoms with E-state index in [1.165, 1.54) is 21.0 Å². The van der Waals surface area contributed by atoms with Gasteiger partial charge in [-0.1, -0.05) is 0 Å². The number of rotatable bonds is 9. The maximum absolute atomic E-state index is 10.8. The van der Waals surface area contributed by atoms with E-state index in [0.29, 0.717) is 0 Å². The zero-order chi connectivity index (χ0) is 23.1. The van der Waals surface area contributed by atoms with Gasteiger partial charge in [0.2, 0.25) is 0 Å². The van der Waals surface area contributed by atoms with Crippen LogP contribution in [-0.4, -0.2) is 128 Å². The van der Waals surface area contributed by atoms with Crippen LogP contribution in [-0.2, 0) is 18.9 Å². The summed E-state index contributed by atoms with van der Waals surface area (Å²) in [6, 6.07) is 0. The predicted molar refractivity (Wildman–Crippen MR) is 102 cm³/mol. The predicted octanol–water partition coefficient (Wildman–Crippen LogP) is -3.10. The molecule has 2 saturated heterocycles. The van der Waals surface area contributed by atoms with Gasteiger partial charge in [0.1, 0.15) is 47.8 Å². The summed E-state index contributed by atoms with van der Waals surface area (Å²) in [5, 5.41) is 70.8. The molecule has 8 atom stereocenters. The van der Waals surface area contributed by atoms with E-state index in [4.69, 9.17) is 18.9 Å². The van der Waals surface area contributed by atoms with E-state index in [-0.39, 0.29) is 6.61 Å². The second-order valence-electron chi connectivity index (χ2n) is 9.00. The van der Waals surface area contributed by atoms with Crippen LogP contribution >= 0.6 is 0 Å². The summed E-state index contributed by atoms with van der Waals surface area (Å²) in [5.41, 5.74) is -6.08. The molecule has 30 heavy (non-hydrogen) atoms. The molecule has 2 aliphatic rings. The first-order valence-electron chi connectivity index (χ1n) is 9.90. The van der Waals surface area contributed by atoms with Gasteiger partial charge in [0.25, 0.3) is 0 Å². The molecule has 0 aromatic carbocycles. The summed E-state index contributed by atoms with van der Waals surface area (Å²) in [5.74, 6) is 0. The number of hydrogen-bond acceptors (Lipinski definition) is 11. The van der Waals surface area contributed by atoms with Crippen LogP contribution in [0.3, 0.4) is 0 Å². The van der Waals surface area contributed by atoms with Crippen LogP contribution in [0.5, 0.6) is 0 Å². The number of aliphatic hydroxyl groups excluding tert-OH is 7. The average Bonchev–Trinajstić information content (AvgIpc) is 3.13. The van der Waals surface area contributed by atoms with Crippen molar-refractivity contribution in [2.45, 2.75) is 86.7 Å². The molecule has 0 aromatic heterocycles. The lowest BCUT2D eigenvalue weighted by Crippen LogP contribution is -2.66. The minimum absolute atomic E-state index is 0.382. The van der Waals surface area contributed by atoms with E-state index in [9.17, 15) is 35.7 Å². The van der Waals surface area contributed by atoms with Crippen molar-refractivity contribution in [3.05, 3.63) is 0 Å². The standard InChI is InChI=1S/C19H36O11/c1-16(2,27-5)19(15(26)13(24)11(7-21)30-19)9-28-17(3,4)18(8-22)14(25)12(23)10(6-20)29-18/h10-15,20-26H,6-9H2,1-5H3/t10?,11?,12?,13?,14?,15?,18-,19-/m1/s1. The largest absolute Gasteiger partial charge is 0.394 e. The van der Waals surface area contributed by atoms with Crippen LogP contribution in [0.4, 0.5) is 0 Å². The Labute approximate surface area is 175 Å². The van der Waals surface area contributed by atoms with Gasteiger partial charge in [-0.2, -0.15) is 0 Å². The Morgan fingerprint density at radius 3 is 1.57 bits per heavy atom. The van der Waals surface area contributed by atoms with Gasteiger partial charge in [0.15, 0.2) is 0 Å². The second-order valence-corrected chi connectivity index (χ2v) is 9.00. The molecule has 0 radical (unpaired) electrons. The molecule has 7 N–H and O–H groups in total. The third-order valence-electron chi connectivity index (χ3n) is 6.88. The molecule has 2 aliphatic heterocycles. The Kier molecular flexibility index (Phi) is 7.60. The smallest absolute Gasteiger partial charge is 0.149 e. The first-order valence-corrected chi connectivity index (χ1v) is 9.90. The lowest BCUT2D eigenvalue weighted by atomic mass is 9.78. The van der Waals surface area contributed by atoms with Gasteiger partial charge in [-0.3, -0.25) is 0 Å². The fourth-order valence-corrected chi connectivity index (χ4v) is 4.26. The van der Waals surface area contributed by atoms with Crippen LogP contribution in [0.25, 0.3) is 0 Å². The lowest BCUT2D eigenvalue weighted by Gasteiger charge is -2.49. The first-order chi connectivity index (χ1) is 13.8. The quantitative estimate of drug-likeness (QED) is 0.193. The van der Waals surface area contributed by atoms with Crippen molar-refractivity contribution in [3.63, 3.8) is 0 Å². The van der Waals surface area contributed by atoms with Gasteiger partial charge in [-0.25, -0.2) is 0 Å². The van der Waals surface area contributed by atoms with Crippen molar-refractivity contribution >= 4 is 0 Å². The number of ether oxygens (including phenoxy) is 4. The van der Waals surface area contributed by atoms with Crippen molar-refractivity contribution in [3.8, 4) is 0 Å². The van der Waals surface area contributed by atoms with E-state index in [0.717, 1.165) is 0 Å². The molecule has 178 valence electrons. The van der Waals surface area contributed by atoms with Gasteiger partial charge < -0.3 is 54.7 Å². The van der Waals surface area contributed by atoms with Gasteiger partial charge in [0.05, 0.1) is 37.6 Å². The van der Waals surface area contributed by atoms with Gasteiger partial charge in [-0.15, -0.1) is 0 Å². The number of aliphatic hydroxyl groups is 7. The fourth-order valence-electron chi connectivity index (χ4n) is 4.26. The van der Waals surface area contributed by atoms with E-state index in [2.05, 4.69) is 0 Å². The molecule has 6 unspecified atom stereocenters. The molecule has 2 rings (SSSR count). The summed E-state index contributed by atoms with van der Waals surface area (Å²) < 4.78 is 23.0. The molecule has 11 heteroatoms. The zero-order valence-corrected chi connectivity index (χ0v) is 18.1. The van der Waals surface area contributed by atoms with Crippen LogP contribution < -0.4 is 0 Å². The Morgan fingerprint density at radius 1 is 0.767 bits per heavy atom. The highest BCUT2D eigenvalue weighted by Gasteiger charge is 2.66. The molecule has 0 aliphatic carbocycles. The Bertz CT molecular complexity index is 585. The van der Waals surface area contributed by atoms with Gasteiger partial charge in [0, 0.05) is 7.11 Å². The van der Waals surface area contributed by atoms with E-state index in [1.54, 1.807) is 13.8 Å². The Morgan fingerprint density at radius 2 is 1.20 bits per heavy atom. The first kappa shape index (κ1) is 25.8. The Hall–Kier alpha value is -0.440. The molecule has 2 heterocycles. The Balaban J connectivity index is 2.37. The third kappa shape index (κ3) is 3.69. The molecule has 0 aromatic rings. The van der Waals surface area contributed by atoms with Crippen LogP contribution in [0.15, 0.2) is 0 Å². The number of hydrogen-bond donors (Lipinski definition) is 7. The van der Waals surface area contributed by atoms with Crippen LogP contribution in [0, 0.1) is 0 Å². The van der Waals surface area contributed by atoms with Crippen LogP contribution in [0.2, 0.25) is 0 Å². The average molecular weight is 440 g/mol. The third-order valence-corrected chi connectivity index (χ3v) is 6.88. The molecule has 0 bridgehead atoms. The normalized spacial score (nSPS) is 42.8. The topological polar surface area (TPSA) is 179 Å². The molecule has 0 amide bonds. The van der Waals surface area contributed by atoms with Crippen LogP contribution in [0.1, 0.15) is 27.7 Å². The highest BCUT2D eigenvalue weighted by atomic mass is 16.6. The van der Waals surface area contributed by atoms with Crippen molar-refractivity contribution in [2.75, 3.05) is 33.5 Å². The van der Waals surface area contributed by atoms with E-state index >= 15 is 0 Å². The van der Waals surface area contributed by atoms with Crippen molar-refractivity contribution in [2.24, 2.45) is 0 Å². The monoisotopic (exact) mass is 440 g/mol. The second kappa shape index (κ2) is 8.83.